The number of ether oxygens (including phenoxy) is 1. The molecule has 2 unspecified atom stereocenters. The molecule has 0 saturated heterocycles. The van der Waals surface area contributed by atoms with Crippen LogP contribution in [0, 0.1) is 17.8 Å². The van der Waals surface area contributed by atoms with E-state index in [2.05, 4.69) is 50.8 Å². The van der Waals surface area contributed by atoms with Crippen LogP contribution >= 0.6 is 0 Å². The fourth-order valence-electron chi connectivity index (χ4n) is 1.98. The molecule has 0 aliphatic carbocycles. The zero-order chi connectivity index (χ0) is 12.8. The Morgan fingerprint density at radius 1 is 1.29 bits per heavy atom. The molecule has 0 radical (unpaired) electrons. The summed E-state index contributed by atoms with van der Waals surface area (Å²) in [6.45, 7) is 8.44. The van der Waals surface area contributed by atoms with E-state index in [1.807, 2.05) is 6.92 Å². The number of hydrogen-bond donors (Lipinski definition) is 0. The molecule has 0 bridgehead atoms. The van der Waals surface area contributed by atoms with Gasteiger partial charge in [0, 0.05) is 5.92 Å². The maximum Gasteiger partial charge on any atom is 0.122 e. The summed E-state index contributed by atoms with van der Waals surface area (Å²) in [5.41, 5.74) is 2.62. The normalized spacial score (nSPS) is 13.5. The average Bonchev–Trinajstić information content (AvgIpc) is 2.37. The van der Waals surface area contributed by atoms with Gasteiger partial charge in [-0.1, -0.05) is 38.8 Å². The van der Waals surface area contributed by atoms with E-state index in [1.54, 1.807) is 7.11 Å². The quantitative estimate of drug-likeness (QED) is 0.710. The van der Waals surface area contributed by atoms with Crippen molar-refractivity contribution in [3.8, 4) is 17.6 Å². The molecule has 0 heterocycles. The van der Waals surface area contributed by atoms with Crippen molar-refractivity contribution >= 4 is 0 Å². The molecule has 17 heavy (non-hydrogen) atoms. The van der Waals surface area contributed by atoms with Crippen molar-refractivity contribution in [3.05, 3.63) is 29.3 Å². The highest BCUT2D eigenvalue weighted by Crippen LogP contribution is 2.32. The lowest BCUT2D eigenvalue weighted by molar-refractivity contribution is 0.402. The average molecular weight is 230 g/mol. The van der Waals surface area contributed by atoms with Crippen LogP contribution in [0.3, 0.4) is 0 Å². The zero-order valence-corrected chi connectivity index (χ0v) is 11.5. The predicted molar refractivity (Wildman–Crippen MR) is 73.4 cm³/mol. The third-order valence-corrected chi connectivity index (χ3v) is 3.31. The van der Waals surface area contributed by atoms with Crippen LogP contribution in [-0.2, 0) is 6.42 Å². The van der Waals surface area contributed by atoms with Gasteiger partial charge in [-0.2, -0.15) is 0 Å². The lowest BCUT2D eigenvalue weighted by Crippen LogP contribution is -2.06. The van der Waals surface area contributed by atoms with Gasteiger partial charge in [-0.05, 0) is 36.5 Å². The Morgan fingerprint density at radius 2 is 2.00 bits per heavy atom. The second-order valence-electron chi connectivity index (χ2n) is 4.40. The molecule has 0 fully saturated rings. The van der Waals surface area contributed by atoms with Gasteiger partial charge >= 0.3 is 0 Å². The zero-order valence-electron chi connectivity index (χ0n) is 11.5. The van der Waals surface area contributed by atoms with Crippen LogP contribution in [0.1, 0.15) is 44.7 Å². The molecule has 0 N–H and O–H groups in total. The van der Waals surface area contributed by atoms with Crippen LogP contribution in [0.2, 0.25) is 0 Å². The molecule has 0 aliphatic rings. The first-order valence-electron chi connectivity index (χ1n) is 6.23. The number of hydrogen-bond acceptors (Lipinski definition) is 1. The summed E-state index contributed by atoms with van der Waals surface area (Å²) in [7, 11) is 1.73. The van der Waals surface area contributed by atoms with Gasteiger partial charge in [-0.3, -0.25) is 0 Å². The number of methoxy groups -OCH3 is 1. The van der Waals surface area contributed by atoms with Crippen molar-refractivity contribution in [1.29, 1.82) is 0 Å². The molecule has 0 aliphatic heterocycles. The Hall–Kier alpha value is -1.42. The van der Waals surface area contributed by atoms with E-state index < -0.39 is 0 Å². The monoisotopic (exact) mass is 230 g/mol. The van der Waals surface area contributed by atoms with E-state index in [9.17, 15) is 0 Å². The Bertz CT molecular complexity index is 423. The van der Waals surface area contributed by atoms with Crippen LogP contribution < -0.4 is 4.74 Å². The topological polar surface area (TPSA) is 9.23 Å². The van der Waals surface area contributed by atoms with Gasteiger partial charge in [-0.15, -0.1) is 5.92 Å². The van der Waals surface area contributed by atoms with Crippen molar-refractivity contribution in [2.24, 2.45) is 5.92 Å². The molecule has 0 saturated carbocycles. The molecule has 1 rings (SSSR count). The molecule has 1 nitrogen and oxygen atoms in total. The molecular weight excluding hydrogens is 208 g/mol. The fraction of sp³-hybridized carbons (Fsp3) is 0.500. The molecule has 0 aromatic heterocycles. The Balaban J connectivity index is 3.11. The first-order valence-corrected chi connectivity index (χ1v) is 6.23. The van der Waals surface area contributed by atoms with Gasteiger partial charge in [0.1, 0.15) is 5.75 Å². The van der Waals surface area contributed by atoms with E-state index in [0.29, 0.717) is 11.8 Å². The predicted octanol–water partition coefficient (Wildman–Crippen LogP) is 4.02. The molecule has 0 amide bonds. The second-order valence-corrected chi connectivity index (χ2v) is 4.40. The summed E-state index contributed by atoms with van der Waals surface area (Å²) in [5.74, 6) is 7.93. The van der Waals surface area contributed by atoms with Gasteiger partial charge in [0.2, 0.25) is 0 Å². The third kappa shape index (κ3) is 3.27. The highest BCUT2D eigenvalue weighted by Gasteiger charge is 2.16. The van der Waals surface area contributed by atoms with Gasteiger partial charge in [-0.25, -0.2) is 0 Å². The summed E-state index contributed by atoms with van der Waals surface area (Å²) in [5, 5.41) is 0. The van der Waals surface area contributed by atoms with Crippen LogP contribution in [0.4, 0.5) is 0 Å². The van der Waals surface area contributed by atoms with Crippen molar-refractivity contribution in [1.82, 2.24) is 0 Å². The van der Waals surface area contributed by atoms with E-state index >= 15 is 0 Å². The first kappa shape index (κ1) is 13.6. The van der Waals surface area contributed by atoms with Crippen molar-refractivity contribution < 1.29 is 4.74 Å². The molecule has 2 atom stereocenters. The Kier molecular flexibility index (Phi) is 5.10. The summed E-state index contributed by atoms with van der Waals surface area (Å²) in [4.78, 5) is 0. The minimum atomic E-state index is 0.348. The van der Waals surface area contributed by atoms with Crippen molar-refractivity contribution in [3.63, 3.8) is 0 Å². The molecule has 1 aromatic carbocycles. The third-order valence-electron chi connectivity index (χ3n) is 3.31. The highest BCUT2D eigenvalue weighted by atomic mass is 16.5. The summed E-state index contributed by atoms with van der Waals surface area (Å²) >= 11 is 0. The lowest BCUT2D eigenvalue weighted by Gasteiger charge is -2.19. The maximum atomic E-state index is 5.45. The van der Waals surface area contributed by atoms with Crippen molar-refractivity contribution in [2.45, 2.75) is 40.0 Å². The largest absolute Gasteiger partial charge is 0.496 e. The number of benzene rings is 1. The van der Waals surface area contributed by atoms with Gasteiger partial charge in [0.05, 0.1) is 7.11 Å². The van der Waals surface area contributed by atoms with Crippen LogP contribution in [0.15, 0.2) is 18.2 Å². The van der Waals surface area contributed by atoms with Crippen LogP contribution in [0.25, 0.3) is 0 Å². The summed E-state index contributed by atoms with van der Waals surface area (Å²) in [6.07, 6.45) is 1.05. The minimum Gasteiger partial charge on any atom is -0.496 e. The molecular formula is C16H22O. The van der Waals surface area contributed by atoms with Gasteiger partial charge < -0.3 is 4.74 Å². The number of rotatable bonds is 4. The van der Waals surface area contributed by atoms with Crippen LogP contribution in [0.5, 0.6) is 5.75 Å². The Labute approximate surface area is 105 Å². The summed E-state index contributed by atoms with van der Waals surface area (Å²) < 4.78 is 5.45. The smallest absolute Gasteiger partial charge is 0.122 e. The molecule has 1 aromatic rings. The van der Waals surface area contributed by atoms with E-state index in [0.717, 1.165) is 12.2 Å². The highest BCUT2D eigenvalue weighted by molar-refractivity contribution is 5.40. The number of aryl methyl sites for hydroxylation is 1. The van der Waals surface area contributed by atoms with E-state index in [-0.39, 0.29) is 0 Å². The van der Waals surface area contributed by atoms with E-state index in [1.165, 1.54) is 11.1 Å². The summed E-state index contributed by atoms with van der Waals surface area (Å²) in [6, 6.07) is 6.44. The van der Waals surface area contributed by atoms with Crippen LogP contribution in [-0.4, -0.2) is 7.11 Å². The lowest BCUT2D eigenvalue weighted by atomic mass is 9.87. The fourth-order valence-corrected chi connectivity index (χ4v) is 1.98. The SMILES string of the molecule is CC#CC(C)C(C)c1cc(CC)ccc1OC. The molecule has 0 spiro atoms. The molecule has 1 heteroatoms. The van der Waals surface area contributed by atoms with E-state index in [4.69, 9.17) is 4.74 Å². The van der Waals surface area contributed by atoms with Gasteiger partial charge in [0.25, 0.3) is 0 Å². The Morgan fingerprint density at radius 3 is 2.53 bits per heavy atom. The minimum absolute atomic E-state index is 0.348. The second kappa shape index (κ2) is 6.35. The van der Waals surface area contributed by atoms with Crippen molar-refractivity contribution in [2.75, 3.05) is 7.11 Å². The molecule has 92 valence electrons. The van der Waals surface area contributed by atoms with Gasteiger partial charge in [0.15, 0.2) is 0 Å². The first-order chi connectivity index (χ1) is 8.13. The standard InChI is InChI=1S/C16H22O/c1-6-8-12(3)13(4)15-11-14(7-2)9-10-16(15)17-5/h9-13H,7H2,1-5H3. The maximum absolute atomic E-state index is 5.45.